The number of hydrogen-bond acceptors (Lipinski definition) is 4. The van der Waals surface area contributed by atoms with Crippen LogP contribution in [-0.2, 0) is 4.74 Å². The van der Waals surface area contributed by atoms with Crippen LogP contribution in [0.4, 0.5) is 5.82 Å². The van der Waals surface area contributed by atoms with E-state index in [1.54, 1.807) is 7.11 Å². The van der Waals surface area contributed by atoms with Gasteiger partial charge in [0.05, 0.1) is 23.7 Å². The van der Waals surface area contributed by atoms with Crippen molar-refractivity contribution < 1.29 is 4.74 Å². The Bertz CT molecular complexity index is 814. The molecule has 1 aliphatic rings. The summed E-state index contributed by atoms with van der Waals surface area (Å²) in [6.45, 7) is 3.92. The molecule has 6 heteroatoms. The second-order valence-electron chi connectivity index (χ2n) is 6.48. The first-order valence-corrected chi connectivity index (χ1v) is 8.68. The summed E-state index contributed by atoms with van der Waals surface area (Å²) in [6, 6.07) is 8.31. The maximum atomic E-state index is 5.48. The molecule has 3 aromatic heterocycles. The number of aromatic amines is 1. The van der Waals surface area contributed by atoms with Crippen molar-refractivity contribution in [2.24, 2.45) is 0 Å². The third-order valence-electron chi connectivity index (χ3n) is 4.83. The summed E-state index contributed by atoms with van der Waals surface area (Å²) >= 11 is 0. The quantitative estimate of drug-likeness (QED) is 0.794. The van der Waals surface area contributed by atoms with Gasteiger partial charge in [-0.05, 0) is 38.0 Å². The Morgan fingerprint density at radius 1 is 1.20 bits per heavy atom. The van der Waals surface area contributed by atoms with Crippen LogP contribution < -0.4 is 4.90 Å². The van der Waals surface area contributed by atoms with Crippen LogP contribution in [0, 0.1) is 6.92 Å². The Kier molecular flexibility index (Phi) is 4.28. The lowest BCUT2D eigenvalue weighted by Gasteiger charge is -2.31. The topological polar surface area (TPSA) is 59.0 Å². The molecule has 0 saturated carbocycles. The van der Waals surface area contributed by atoms with Gasteiger partial charge < -0.3 is 14.6 Å². The molecule has 1 N–H and O–H groups in total. The van der Waals surface area contributed by atoms with Crippen molar-refractivity contribution in [3.63, 3.8) is 0 Å². The van der Waals surface area contributed by atoms with Gasteiger partial charge >= 0.3 is 0 Å². The number of H-pyrrole nitrogens is 1. The Balaban J connectivity index is 1.70. The van der Waals surface area contributed by atoms with Crippen molar-refractivity contribution in [2.75, 3.05) is 25.1 Å². The minimum Gasteiger partial charge on any atom is -0.381 e. The minimum absolute atomic E-state index is 0.365. The number of hydrogen-bond donors (Lipinski definition) is 1. The van der Waals surface area contributed by atoms with E-state index in [4.69, 9.17) is 9.84 Å². The standard InChI is InChI=1S/C19H23N5O/c1-14-3-4-16(13-21-14)24-18(15-5-8-20-12-15)11-19(22-24)23-9-6-17(25-2)7-10-23/h3-5,8,11-13,17,20H,6-7,9-10H2,1-2H3. The van der Waals surface area contributed by atoms with E-state index in [-0.39, 0.29) is 0 Å². The van der Waals surface area contributed by atoms with E-state index in [0.717, 1.165) is 54.4 Å². The highest BCUT2D eigenvalue weighted by molar-refractivity contribution is 5.66. The zero-order chi connectivity index (χ0) is 17.2. The summed E-state index contributed by atoms with van der Waals surface area (Å²) in [4.78, 5) is 9.89. The highest BCUT2D eigenvalue weighted by Crippen LogP contribution is 2.29. The van der Waals surface area contributed by atoms with Crippen LogP contribution in [0.5, 0.6) is 0 Å². The molecule has 1 saturated heterocycles. The number of ether oxygens (including phenoxy) is 1. The largest absolute Gasteiger partial charge is 0.381 e. The van der Waals surface area contributed by atoms with E-state index >= 15 is 0 Å². The fraction of sp³-hybridized carbons (Fsp3) is 0.368. The zero-order valence-electron chi connectivity index (χ0n) is 14.6. The number of methoxy groups -OCH3 is 1. The van der Waals surface area contributed by atoms with E-state index in [2.05, 4.69) is 33.1 Å². The summed E-state index contributed by atoms with van der Waals surface area (Å²) in [5.41, 5.74) is 4.16. The van der Waals surface area contributed by atoms with Crippen LogP contribution in [0.15, 0.2) is 42.9 Å². The predicted molar refractivity (Wildman–Crippen MR) is 98.1 cm³/mol. The van der Waals surface area contributed by atoms with Gasteiger partial charge in [-0.2, -0.15) is 0 Å². The van der Waals surface area contributed by atoms with E-state index < -0.39 is 0 Å². The number of aryl methyl sites for hydroxylation is 1. The van der Waals surface area contributed by atoms with Crippen LogP contribution in [0.2, 0.25) is 0 Å². The van der Waals surface area contributed by atoms with Gasteiger partial charge in [-0.1, -0.05) is 0 Å². The van der Waals surface area contributed by atoms with Gasteiger partial charge in [0, 0.05) is 49.9 Å². The molecule has 0 aromatic carbocycles. The molecular weight excluding hydrogens is 314 g/mol. The first-order chi connectivity index (χ1) is 12.2. The molecule has 0 aliphatic carbocycles. The molecule has 3 aromatic rings. The van der Waals surface area contributed by atoms with Gasteiger partial charge in [0.2, 0.25) is 0 Å². The molecule has 0 spiro atoms. The van der Waals surface area contributed by atoms with Crippen molar-refractivity contribution in [2.45, 2.75) is 25.9 Å². The lowest BCUT2D eigenvalue weighted by atomic mass is 10.1. The molecule has 1 fully saturated rings. The average molecular weight is 337 g/mol. The van der Waals surface area contributed by atoms with E-state index in [0.29, 0.717) is 6.10 Å². The first kappa shape index (κ1) is 15.9. The Labute approximate surface area is 147 Å². The third-order valence-corrected chi connectivity index (χ3v) is 4.83. The summed E-state index contributed by atoms with van der Waals surface area (Å²) in [6.07, 6.45) is 8.24. The number of rotatable bonds is 4. The molecule has 0 unspecified atom stereocenters. The van der Waals surface area contributed by atoms with Crippen LogP contribution in [0.3, 0.4) is 0 Å². The average Bonchev–Trinajstić information content (AvgIpc) is 3.32. The van der Waals surface area contributed by atoms with Crippen LogP contribution in [0.1, 0.15) is 18.5 Å². The smallest absolute Gasteiger partial charge is 0.151 e. The molecule has 6 nitrogen and oxygen atoms in total. The van der Waals surface area contributed by atoms with Crippen molar-refractivity contribution in [3.05, 3.63) is 48.5 Å². The van der Waals surface area contributed by atoms with Crippen LogP contribution in [-0.4, -0.2) is 46.1 Å². The summed E-state index contributed by atoms with van der Waals surface area (Å²) < 4.78 is 7.46. The fourth-order valence-corrected chi connectivity index (χ4v) is 3.31. The second kappa shape index (κ2) is 6.72. The molecule has 1 aliphatic heterocycles. The number of pyridine rings is 1. The molecule has 0 amide bonds. The normalized spacial score (nSPS) is 15.7. The fourth-order valence-electron chi connectivity index (χ4n) is 3.31. The molecule has 4 heterocycles. The Hall–Kier alpha value is -2.60. The summed E-state index contributed by atoms with van der Waals surface area (Å²) in [5.74, 6) is 1.01. The van der Waals surface area contributed by atoms with E-state index in [1.807, 2.05) is 36.3 Å². The number of nitrogens with zero attached hydrogens (tertiary/aromatic N) is 4. The van der Waals surface area contributed by atoms with Crippen molar-refractivity contribution >= 4 is 5.82 Å². The lowest BCUT2D eigenvalue weighted by Crippen LogP contribution is -2.36. The van der Waals surface area contributed by atoms with Crippen LogP contribution >= 0.6 is 0 Å². The molecule has 130 valence electrons. The van der Waals surface area contributed by atoms with Gasteiger partial charge in [0.25, 0.3) is 0 Å². The van der Waals surface area contributed by atoms with Crippen molar-refractivity contribution in [3.8, 4) is 16.9 Å². The molecule has 0 atom stereocenters. The summed E-state index contributed by atoms with van der Waals surface area (Å²) in [5, 5.41) is 4.89. The monoisotopic (exact) mass is 337 g/mol. The summed E-state index contributed by atoms with van der Waals surface area (Å²) in [7, 11) is 1.80. The number of nitrogens with one attached hydrogen (secondary N) is 1. The van der Waals surface area contributed by atoms with Crippen LogP contribution in [0.25, 0.3) is 16.9 Å². The number of piperidine rings is 1. The number of anilines is 1. The Morgan fingerprint density at radius 3 is 2.68 bits per heavy atom. The van der Waals surface area contributed by atoms with Gasteiger partial charge in [0.1, 0.15) is 0 Å². The van der Waals surface area contributed by atoms with Crippen molar-refractivity contribution in [1.82, 2.24) is 19.7 Å². The van der Waals surface area contributed by atoms with Gasteiger partial charge in [-0.3, -0.25) is 4.98 Å². The van der Waals surface area contributed by atoms with Gasteiger partial charge in [-0.15, -0.1) is 5.10 Å². The maximum absolute atomic E-state index is 5.48. The minimum atomic E-state index is 0.365. The maximum Gasteiger partial charge on any atom is 0.151 e. The van der Waals surface area contributed by atoms with Gasteiger partial charge in [-0.25, -0.2) is 4.68 Å². The molecule has 4 rings (SSSR count). The molecule has 0 radical (unpaired) electrons. The van der Waals surface area contributed by atoms with Crippen molar-refractivity contribution in [1.29, 1.82) is 0 Å². The molecule has 25 heavy (non-hydrogen) atoms. The zero-order valence-corrected chi connectivity index (χ0v) is 14.6. The molecule has 0 bridgehead atoms. The number of aromatic nitrogens is 4. The lowest BCUT2D eigenvalue weighted by molar-refractivity contribution is 0.0818. The second-order valence-corrected chi connectivity index (χ2v) is 6.48. The SMILES string of the molecule is COC1CCN(c2cc(-c3cc[nH]c3)n(-c3ccc(C)nc3)n2)CC1. The third kappa shape index (κ3) is 3.17. The first-order valence-electron chi connectivity index (χ1n) is 8.68. The Morgan fingerprint density at radius 2 is 2.04 bits per heavy atom. The van der Waals surface area contributed by atoms with E-state index in [9.17, 15) is 0 Å². The highest BCUT2D eigenvalue weighted by Gasteiger charge is 2.22. The highest BCUT2D eigenvalue weighted by atomic mass is 16.5. The predicted octanol–water partition coefficient (Wildman–Crippen LogP) is 3.19. The van der Waals surface area contributed by atoms with E-state index in [1.165, 1.54) is 0 Å². The molecular formula is C19H23N5O. The van der Waals surface area contributed by atoms with Gasteiger partial charge in [0.15, 0.2) is 5.82 Å².